The second-order valence-electron chi connectivity index (χ2n) is 4.01. The van der Waals surface area contributed by atoms with E-state index in [0.29, 0.717) is 0 Å². The first kappa shape index (κ1) is 15.1. The second kappa shape index (κ2) is 4.94. The highest BCUT2D eigenvalue weighted by atomic mass is 79.9. The minimum atomic E-state index is -3.59. The lowest BCUT2D eigenvalue weighted by Gasteiger charge is -2.26. The summed E-state index contributed by atoms with van der Waals surface area (Å²) in [5, 5.41) is 20.7. The number of hydrogen-bond acceptors (Lipinski definition) is 5. The van der Waals surface area contributed by atoms with Gasteiger partial charge in [0, 0.05) is 18.4 Å². The normalized spacial score (nSPS) is 16.9. The van der Waals surface area contributed by atoms with E-state index in [9.17, 15) is 23.6 Å². The number of hydrogen-bond donors (Lipinski definition) is 1. The number of benzene rings is 1. The number of aliphatic hydroxyl groups is 1. The molecule has 0 saturated carbocycles. The van der Waals surface area contributed by atoms with Crippen molar-refractivity contribution in [2.24, 2.45) is 0 Å². The van der Waals surface area contributed by atoms with E-state index in [4.69, 9.17) is 0 Å². The molecule has 0 fully saturated rings. The Hall–Kier alpha value is -0.990. The summed E-state index contributed by atoms with van der Waals surface area (Å²) in [7, 11) is -3.59. The Bertz CT molecular complexity index is 569. The lowest BCUT2D eigenvalue weighted by atomic mass is 10.1. The summed E-state index contributed by atoms with van der Waals surface area (Å²) in [6.45, 7) is 1.30. The predicted molar refractivity (Wildman–Crippen MR) is 70.2 cm³/mol. The summed E-state index contributed by atoms with van der Waals surface area (Å²) in [4.78, 5) is 10.0. The quantitative estimate of drug-likeness (QED) is 0.513. The van der Waals surface area contributed by atoms with E-state index >= 15 is 0 Å². The van der Waals surface area contributed by atoms with Crippen LogP contribution in [0.15, 0.2) is 24.3 Å². The van der Waals surface area contributed by atoms with Crippen LogP contribution in [0.2, 0.25) is 0 Å². The van der Waals surface area contributed by atoms with E-state index in [-0.39, 0.29) is 11.3 Å². The molecule has 1 N–H and O–H groups in total. The molecule has 0 unspecified atom stereocenters. The summed E-state index contributed by atoms with van der Waals surface area (Å²) in [6.07, 6.45) is -0.435. The standard InChI is InChI=1S/C10H12BrNO5S/c1-10(11,18(2,16)17)9(13)7-4-3-5-8(6-7)12(14)15/h3-6,9,13H,1-2H3/t9-,10-/m0/s1. The largest absolute Gasteiger partial charge is 0.386 e. The Labute approximate surface area is 113 Å². The highest BCUT2D eigenvalue weighted by Crippen LogP contribution is 2.38. The van der Waals surface area contributed by atoms with Gasteiger partial charge in [-0.25, -0.2) is 8.42 Å². The van der Waals surface area contributed by atoms with Crippen molar-refractivity contribution in [3.8, 4) is 0 Å². The molecule has 0 aromatic heterocycles. The fourth-order valence-corrected chi connectivity index (χ4v) is 2.11. The van der Waals surface area contributed by atoms with Gasteiger partial charge in [0.05, 0.1) is 4.92 Å². The van der Waals surface area contributed by atoms with Gasteiger partial charge in [-0.2, -0.15) is 0 Å². The molecule has 0 radical (unpaired) electrons. The lowest BCUT2D eigenvalue weighted by molar-refractivity contribution is -0.385. The lowest BCUT2D eigenvalue weighted by Crippen LogP contribution is -2.34. The number of nitrogens with zero attached hydrogens (tertiary/aromatic N) is 1. The molecule has 0 heterocycles. The Morgan fingerprint density at radius 1 is 1.50 bits per heavy atom. The van der Waals surface area contributed by atoms with Crippen molar-refractivity contribution in [3.05, 3.63) is 39.9 Å². The molecule has 1 aromatic carbocycles. The van der Waals surface area contributed by atoms with Crippen LogP contribution in [0, 0.1) is 10.1 Å². The van der Waals surface area contributed by atoms with Crippen molar-refractivity contribution >= 4 is 31.5 Å². The number of nitro benzene ring substituents is 1. The third-order valence-electron chi connectivity index (χ3n) is 2.61. The first-order valence-electron chi connectivity index (χ1n) is 4.88. The summed E-state index contributed by atoms with van der Waals surface area (Å²) < 4.78 is 21.5. The molecule has 2 atom stereocenters. The van der Waals surface area contributed by atoms with Crippen molar-refractivity contribution in [3.63, 3.8) is 0 Å². The molecule has 0 spiro atoms. The van der Waals surface area contributed by atoms with Gasteiger partial charge in [-0.05, 0) is 12.5 Å². The number of rotatable bonds is 4. The van der Waals surface area contributed by atoms with Crippen LogP contribution in [0.5, 0.6) is 0 Å². The van der Waals surface area contributed by atoms with Gasteiger partial charge in [0.2, 0.25) is 0 Å². The van der Waals surface area contributed by atoms with E-state index in [2.05, 4.69) is 15.9 Å². The number of halogens is 1. The monoisotopic (exact) mass is 337 g/mol. The maximum absolute atomic E-state index is 11.5. The molecule has 6 nitrogen and oxygen atoms in total. The van der Waals surface area contributed by atoms with Crippen LogP contribution < -0.4 is 0 Å². The molecule has 0 aliphatic rings. The SMILES string of the molecule is C[C@@](Br)([C@@H](O)c1cccc([N+](=O)[O-])c1)S(C)(=O)=O. The number of alkyl halides is 1. The fourth-order valence-electron chi connectivity index (χ4n) is 1.31. The van der Waals surface area contributed by atoms with Gasteiger partial charge in [0.15, 0.2) is 13.5 Å². The van der Waals surface area contributed by atoms with Gasteiger partial charge in [-0.1, -0.05) is 28.1 Å². The summed E-state index contributed by atoms with van der Waals surface area (Å²) in [6, 6.07) is 5.24. The highest BCUT2D eigenvalue weighted by Gasteiger charge is 2.41. The maximum Gasteiger partial charge on any atom is 0.269 e. The van der Waals surface area contributed by atoms with Crippen molar-refractivity contribution in [2.45, 2.75) is 16.7 Å². The number of nitro groups is 1. The minimum Gasteiger partial charge on any atom is -0.386 e. The summed E-state index contributed by atoms with van der Waals surface area (Å²) in [5.41, 5.74) is -0.0441. The number of aliphatic hydroxyl groups excluding tert-OH is 1. The molecule has 0 bridgehead atoms. The maximum atomic E-state index is 11.5. The third-order valence-corrected chi connectivity index (χ3v) is 6.48. The fraction of sp³-hybridized carbons (Fsp3) is 0.400. The zero-order valence-electron chi connectivity index (χ0n) is 9.70. The molecule has 8 heteroatoms. The van der Waals surface area contributed by atoms with Crippen molar-refractivity contribution in [1.82, 2.24) is 0 Å². The van der Waals surface area contributed by atoms with E-state index in [0.717, 1.165) is 12.3 Å². The molecule has 100 valence electrons. The topological polar surface area (TPSA) is 97.5 Å². The van der Waals surface area contributed by atoms with Crippen LogP contribution in [0.4, 0.5) is 5.69 Å². The molecular weight excluding hydrogens is 326 g/mol. The molecular formula is C10H12BrNO5S. The number of sulfone groups is 1. The Balaban J connectivity index is 3.23. The Morgan fingerprint density at radius 3 is 2.50 bits per heavy atom. The Morgan fingerprint density at radius 2 is 2.06 bits per heavy atom. The molecule has 18 heavy (non-hydrogen) atoms. The van der Waals surface area contributed by atoms with Crippen LogP contribution in [0.25, 0.3) is 0 Å². The molecule has 1 rings (SSSR count). The van der Waals surface area contributed by atoms with Crippen LogP contribution in [-0.4, -0.2) is 28.4 Å². The molecule has 0 aliphatic heterocycles. The molecule has 0 saturated heterocycles. The van der Waals surface area contributed by atoms with Gasteiger partial charge in [-0.15, -0.1) is 0 Å². The smallest absolute Gasteiger partial charge is 0.269 e. The average molecular weight is 338 g/mol. The summed E-state index contributed by atoms with van der Waals surface area (Å²) in [5.74, 6) is 0. The Kier molecular flexibility index (Phi) is 4.14. The first-order valence-corrected chi connectivity index (χ1v) is 7.56. The van der Waals surface area contributed by atoms with Crippen LogP contribution in [0.3, 0.4) is 0 Å². The van der Waals surface area contributed by atoms with Crippen LogP contribution in [-0.2, 0) is 9.84 Å². The van der Waals surface area contributed by atoms with Crippen molar-refractivity contribution in [2.75, 3.05) is 6.26 Å². The van der Waals surface area contributed by atoms with Gasteiger partial charge >= 0.3 is 0 Å². The second-order valence-corrected chi connectivity index (χ2v) is 8.58. The van der Waals surface area contributed by atoms with Gasteiger partial charge < -0.3 is 5.11 Å². The van der Waals surface area contributed by atoms with E-state index in [1.807, 2.05) is 0 Å². The van der Waals surface area contributed by atoms with Crippen LogP contribution >= 0.6 is 15.9 Å². The average Bonchev–Trinajstić information content (AvgIpc) is 2.26. The van der Waals surface area contributed by atoms with E-state index in [1.165, 1.54) is 25.1 Å². The summed E-state index contributed by atoms with van der Waals surface area (Å²) >= 11 is 2.96. The third kappa shape index (κ3) is 2.88. The van der Waals surface area contributed by atoms with E-state index < -0.39 is 24.5 Å². The highest BCUT2D eigenvalue weighted by molar-refractivity contribution is 9.11. The van der Waals surface area contributed by atoms with Crippen molar-refractivity contribution in [1.29, 1.82) is 0 Å². The van der Waals surface area contributed by atoms with Gasteiger partial charge in [0.1, 0.15) is 6.10 Å². The molecule has 0 aliphatic carbocycles. The predicted octanol–water partition coefficient (Wildman–Crippen LogP) is 1.78. The zero-order valence-corrected chi connectivity index (χ0v) is 12.1. The van der Waals surface area contributed by atoms with E-state index in [1.54, 1.807) is 0 Å². The minimum absolute atomic E-state index is 0.161. The first-order chi connectivity index (χ1) is 8.07. The number of non-ortho nitro benzene ring substituents is 1. The van der Waals surface area contributed by atoms with Crippen LogP contribution in [0.1, 0.15) is 18.6 Å². The molecule has 0 amide bonds. The van der Waals surface area contributed by atoms with Gasteiger partial charge in [-0.3, -0.25) is 10.1 Å². The van der Waals surface area contributed by atoms with Crippen molar-refractivity contribution < 1.29 is 18.4 Å². The molecule has 1 aromatic rings. The zero-order chi connectivity index (χ0) is 14.1. The van der Waals surface area contributed by atoms with Gasteiger partial charge in [0.25, 0.3) is 5.69 Å².